The fourth-order valence-corrected chi connectivity index (χ4v) is 1.54. The number of carbonyl (C=O) groups is 1. The highest BCUT2D eigenvalue weighted by molar-refractivity contribution is 5.97. The molecule has 13 heavy (non-hydrogen) atoms. The zero-order valence-corrected chi connectivity index (χ0v) is 8.08. The molecule has 3 heteroatoms. The second-order valence-electron chi connectivity index (χ2n) is 3.63. The number of nitrogens with zero attached hydrogens (tertiary/aromatic N) is 2. The van der Waals surface area contributed by atoms with E-state index in [9.17, 15) is 4.79 Å². The highest BCUT2D eigenvalue weighted by atomic mass is 16.1. The van der Waals surface area contributed by atoms with E-state index in [0.29, 0.717) is 5.92 Å². The Balaban J connectivity index is 2.31. The summed E-state index contributed by atoms with van der Waals surface area (Å²) in [4.78, 5) is 11.7. The molecular formula is C10H14N2O. The van der Waals surface area contributed by atoms with E-state index in [4.69, 9.17) is 0 Å². The van der Waals surface area contributed by atoms with Gasteiger partial charge in [0.05, 0.1) is 5.69 Å². The molecule has 1 fully saturated rings. The van der Waals surface area contributed by atoms with Gasteiger partial charge >= 0.3 is 0 Å². The Morgan fingerprint density at radius 2 is 2.38 bits per heavy atom. The minimum atomic E-state index is 0.280. The standard InChI is InChI=1S/C10H14N2O/c1-3-12-9(6-7(2)11-12)10(13)8-4-5-8/h6,8H,3-5H2,1-2H3. The van der Waals surface area contributed by atoms with Crippen molar-refractivity contribution in [3.8, 4) is 0 Å². The van der Waals surface area contributed by atoms with Gasteiger partial charge in [-0.2, -0.15) is 5.10 Å². The number of ketones is 1. The SMILES string of the molecule is CCn1nc(C)cc1C(=O)C1CC1. The van der Waals surface area contributed by atoms with Crippen molar-refractivity contribution in [3.63, 3.8) is 0 Å². The highest BCUT2D eigenvalue weighted by Gasteiger charge is 2.32. The Hall–Kier alpha value is -1.12. The van der Waals surface area contributed by atoms with Crippen molar-refractivity contribution in [2.75, 3.05) is 0 Å². The predicted octanol–water partition coefficient (Wildman–Crippen LogP) is 1.80. The van der Waals surface area contributed by atoms with Gasteiger partial charge in [-0.3, -0.25) is 9.48 Å². The van der Waals surface area contributed by atoms with Crippen LogP contribution in [-0.2, 0) is 6.54 Å². The lowest BCUT2D eigenvalue weighted by molar-refractivity contribution is 0.0957. The lowest BCUT2D eigenvalue weighted by Crippen LogP contribution is -2.10. The van der Waals surface area contributed by atoms with E-state index < -0.39 is 0 Å². The van der Waals surface area contributed by atoms with Gasteiger partial charge in [0.2, 0.25) is 0 Å². The fourth-order valence-electron chi connectivity index (χ4n) is 1.54. The molecule has 0 unspecified atom stereocenters. The first-order valence-electron chi connectivity index (χ1n) is 4.81. The van der Waals surface area contributed by atoms with E-state index in [-0.39, 0.29) is 5.78 Å². The van der Waals surface area contributed by atoms with Gasteiger partial charge in [0.15, 0.2) is 5.78 Å². The molecule has 0 radical (unpaired) electrons. The zero-order chi connectivity index (χ0) is 9.42. The fraction of sp³-hybridized carbons (Fsp3) is 0.600. The Bertz CT molecular complexity index is 337. The molecule has 0 bridgehead atoms. The molecule has 1 aromatic rings. The molecular weight excluding hydrogens is 164 g/mol. The quantitative estimate of drug-likeness (QED) is 0.661. The topological polar surface area (TPSA) is 34.9 Å². The molecule has 0 aliphatic heterocycles. The van der Waals surface area contributed by atoms with Crippen LogP contribution in [0.5, 0.6) is 0 Å². The van der Waals surface area contributed by atoms with Gasteiger partial charge in [-0.1, -0.05) is 0 Å². The maximum Gasteiger partial charge on any atom is 0.183 e. The van der Waals surface area contributed by atoms with E-state index in [1.807, 2.05) is 19.9 Å². The molecule has 0 aromatic carbocycles. The summed E-state index contributed by atoms with van der Waals surface area (Å²) in [6, 6.07) is 1.89. The molecule has 1 aliphatic carbocycles. The van der Waals surface area contributed by atoms with Crippen molar-refractivity contribution in [1.29, 1.82) is 0 Å². The second kappa shape index (κ2) is 2.98. The van der Waals surface area contributed by atoms with Crippen LogP contribution in [0.2, 0.25) is 0 Å². The summed E-state index contributed by atoms with van der Waals surface area (Å²) in [7, 11) is 0. The third-order valence-electron chi connectivity index (χ3n) is 2.40. The molecule has 0 atom stereocenters. The molecule has 0 amide bonds. The van der Waals surface area contributed by atoms with Crippen molar-refractivity contribution in [1.82, 2.24) is 9.78 Å². The van der Waals surface area contributed by atoms with Gasteiger partial charge in [0.25, 0.3) is 0 Å². The van der Waals surface area contributed by atoms with Gasteiger partial charge in [-0.05, 0) is 32.8 Å². The third-order valence-corrected chi connectivity index (χ3v) is 2.40. The number of hydrogen-bond donors (Lipinski definition) is 0. The number of carbonyl (C=O) groups excluding carboxylic acids is 1. The monoisotopic (exact) mass is 178 g/mol. The molecule has 1 aliphatic rings. The van der Waals surface area contributed by atoms with Gasteiger partial charge < -0.3 is 0 Å². The molecule has 1 aromatic heterocycles. The number of hydrogen-bond acceptors (Lipinski definition) is 2. The van der Waals surface area contributed by atoms with Crippen molar-refractivity contribution in [2.45, 2.75) is 33.2 Å². The lowest BCUT2D eigenvalue weighted by Gasteiger charge is -2.01. The van der Waals surface area contributed by atoms with Crippen LogP contribution in [-0.4, -0.2) is 15.6 Å². The molecule has 0 saturated heterocycles. The highest BCUT2D eigenvalue weighted by Crippen LogP contribution is 2.32. The minimum Gasteiger partial charge on any atom is -0.292 e. The van der Waals surface area contributed by atoms with Crippen LogP contribution >= 0.6 is 0 Å². The average Bonchev–Trinajstić information content (AvgIpc) is 2.88. The molecule has 70 valence electrons. The Kier molecular flexibility index (Phi) is 1.94. The normalized spacial score (nSPS) is 16.2. The summed E-state index contributed by atoms with van der Waals surface area (Å²) >= 11 is 0. The van der Waals surface area contributed by atoms with E-state index in [0.717, 1.165) is 30.8 Å². The summed E-state index contributed by atoms with van der Waals surface area (Å²) in [5.41, 5.74) is 1.73. The van der Waals surface area contributed by atoms with Gasteiger partial charge in [-0.15, -0.1) is 0 Å². The van der Waals surface area contributed by atoms with Crippen molar-refractivity contribution in [3.05, 3.63) is 17.5 Å². The zero-order valence-electron chi connectivity index (χ0n) is 8.08. The Morgan fingerprint density at radius 3 is 2.92 bits per heavy atom. The summed E-state index contributed by atoms with van der Waals surface area (Å²) in [6.45, 7) is 4.72. The molecule has 0 spiro atoms. The average molecular weight is 178 g/mol. The van der Waals surface area contributed by atoms with Crippen molar-refractivity contribution < 1.29 is 4.79 Å². The molecule has 1 saturated carbocycles. The first-order chi connectivity index (χ1) is 6.22. The minimum absolute atomic E-state index is 0.280. The Morgan fingerprint density at radius 1 is 1.69 bits per heavy atom. The van der Waals surface area contributed by atoms with E-state index in [1.165, 1.54) is 0 Å². The van der Waals surface area contributed by atoms with Crippen LogP contribution in [0, 0.1) is 12.8 Å². The Labute approximate surface area is 77.7 Å². The van der Waals surface area contributed by atoms with E-state index in [2.05, 4.69) is 5.10 Å². The number of aromatic nitrogens is 2. The summed E-state index contributed by atoms with van der Waals surface area (Å²) in [6.07, 6.45) is 2.12. The molecule has 0 N–H and O–H groups in total. The van der Waals surface area contributed by atoms with Crippen LogP contribution < -0.4 is 0 Å². The van der Waals surface area contributed by atoms with Crippen LogP contribution in [0.4, 0.5) is 0 Å². The summed E-state index contributed by atoms with van der Waals surface area (Å²) < 4.78 is 1.80. The summed E-state index contributed by atoms with van der Waals surface area (Å²) in [5.74, 6) is 0.573. The van der Waals surface area contributed by atoms with Crippen molar-refractivity contribution >= 4 is 5.78 Å². The predicted molar refractivity (Wildman–Crippen MR) is 49.7 cm³/mol. The van der Waals surface area contributed by atoms with Crippen molar-refractivity contribution in [2.24, 2.45) is 5.92 Å². The van der Waals surface area contributed by atoms with Gasteiger partial charge in [-0.25, -0.2) is 0 Å². The lowest BCUT2D eigenvalue weighted by atomic mass is 10.2. The maximum atomic E-state index is 11.7. The molecule has 1 heterocycles. The summed E-state index contributed by atoms with van der Waals surface area (Å²) in [5, 5.41) is 4.26. The van der Waals surface area contributed by atoms with Crippen LogP contribution in [0.3, 0.4) is 0 Å². The van der Waals surface area contributed by atoms with E-state index >= 15 is 0 Å². The molecule has 2 rings (SSSR count). The third kappa shape index (κ3) is 1.50. The first-order valence-corrected chi connectivity index (χ1v) is 4.81. The molecule has 3 nitrogen and oxygen atoms in total. The van der Waals surface area contributed by atoms with Gasteiger partial charge in [0, 0.05) is 12.5 Å². The largest absolute Gasteiger partial charge is 0.292 e. The van der Waals surface area contributed by atoms with Crippen LogP contribution in [0.25, 0.3) is 0 Å². The number of Topliss-reactive ketones (excluding diaryl/α,β-unsaturated/α-hetero) is 1. The number of rotatable bonds is 3. The smallest absolute Gasteiger partial charge is 0.183 e. The maximum absolute atomic E-state index is 11.7. The number of aryl methyl sites for hydroxylation is 2. The second-order valence-corrected chi connectivity index (χ2v) is 3.63. The first kappa shape index (κ1) is 8.48. The van der Waals surface area contributed by atoms with E-state index in [1.54, 1.807) is 4.68 Å². The van der Waals surface area contributed by atoms with Crippen LogP contribution in [0.15, 0.2) is 6.07 Å². The van der Waals surface area contributed by atoms with Gasteiger partial charge in [0.1, 0.15) is 5.69 Å². The van der Waals surface area contributed by atoms with Crippen LogP contribution in [0.1, 0.15) is 35.9 Å².